The van der Waals surface area contributed by atoms with Crippen molar-refractivity contribution in [2.75, 3.05) is 5.32 Å². The number of hydrogen-bond acceptors (Lipinski definition) is 6. The highest BCUT2D eigenvalue weighted by Crippen LogP contribution is 2.36. The Bertz CT molecular complexity index is 1030. The summed E-state index contributed by atoms with van der Waals surface area (Å²) in [6, 6.07) is 7.99. The van der Waals surface area contributed by atoms with Gasteiger partial charge in [-0.3, -0.25) is 14.8 Å². The van der Waals surface area contributed by atoms with Crippen LogP contribution in [-0.2, 0) is 19.5 Å². The number of nitrogens with two attached hydrogens (primary N) is 2. The summed E-state index contributed by atoms with van der Waals surface area (Å²) < 4.78 is 0. The Labute approximate surface area is 201 Å². The maximum absolute atomic E-state index is 12.8. The van der Waals surface area contributed by atoms with Crippen molar-refractivity contribution in [3.05, 3.63) is 71.1 Å². The van der Waals surface area contributed by atoms with Crippen LogP contribution in [0, 0.1) is 12.8 Å². The first-order valence-electron chi connectivity index (χ1n) is 10.0. The monoisotopic (exact) mass is 476 g/mol. The number of amides is 1. The fourth-order valence-corrected chi connectivity index (χ4v) is 3.45. The maximum atomic E-state index is 12.8. The Morgan fingerprint density at radius 2 is 1.75 bits per heavy atom. The van der Waals surface area contributed by atoms with Crippen LogP contribution in [0.3, 0.4) is 0 Å². The van der Waals surface area contributed by atoms with E-state index in [0.29, 0.717) is 24.7 Å². The summed E-state index contributed by atoms with van der Waals surface area (Å²) in [6.07, 6.45) is 5.26. The van der Waals surface area contributed by atoms with Gasteiger partial charge in [0.2, 0.25) is 0 Å². The molecule has 3 aromatic rings. The van der Waals surface area contributed by atoms with Crippen LogP contribution in [-0.4, -0.2) is 20.9 Å². The van der Waals surface area contributed by atoms with Crippen LogP contribution < -0.4 is 16.8 Å². The van der Waals surface area contributed by atoms with Gasteiger partial charge in [-0.2, -0.15) is 0 Å². The molecule has 0 aliphatic carbocycles. The lowest BCUT2D eigenvalue weighted by Crippen LogP contribution is -2.19. The lowest BCUT2D eigenvalue weighted by molar-refractivity contribution is 0.102. The molecule has 0 spiro atoms. The average molecular weight is 477 g/mol. The number of carbonyl (C=O) groups excluding carboxylic acids is 1. The van der Waals surface area contributed by atoms with Gasteiger partial charge < -0.3 is 16.8 Å². The molecule has 0 saturated heterocycles. The molecule has 9 heteroatoms. The number of nitrogens with zero attached hydrogens (tertiary/aromatic N) is 3. The van der Waals surface area contributed by atoms with Crippen molar-refractivity contribution in [3.63, 3.8) is 0 Å². The largest absolute Gasteiger partial charge is 0.326 e. The van der Waals surface area contributed by atoms with Crippen LogP contribution in [0.5, 0.6) is 0 Å². The molecule has 0 bridgehead atoms. The number of hydrogen-bond donors (Lipinski definition) is 3. The Hall–Kier alpha value is -2.58. The second-order valence-corrected chi connectivity index (χ2v) is 7.62. The molecule has 0 atom stereocenters. The Balaban J connectivity index is 0.00000256. The molecule has 0 unspecified atom stereocenters. The average Bonchev–Trinajstić information content (AvgIpc) is 2.75. The molecular formula is C23H30Cl2N6O. The van der Waals surface area contributed by atoms with Crippen molar-refractivity contribution in [3.8, 4) is 11.1 Å². The number of aryl methyl sites for hydroxylation is 1. The highest BCUT2D eigenvalue weighted by atomic mass is 35.5. The molecule has 0 radical (unpaired) electrons. The zero-order valence-corrected chi connectivity index (χ0v) is 20.1. The van der Waals surface area contributed by atoms with Gasteiger partial charge in [0.05, 0.1) is 17.6 Å². The fraction of sp³-hybridized carbons (Fsp3) is 0.304. The third-order valence-electron chi connectivity index (χ3n) is 4.88. The van der Waals surface area contributed by atoms with Crippen molar-refractivity contribution >= 4 is 36.4 Å². The molecule has 1 aromatic carbocycles. The zero-order valence-electron chi connectivity index (χ0n) is 18.5. The number of anilines is 1. The second kappa shape index (κ2) is 12.5. The van der Waals surface area contributed by atoms with Crippen molar-refractivity contribution in [2.24, 2.45) is 17.4 Å². The van der Waals surface area contributed by atoms with Gasteiger partial charge in [0.1, 0.15) is 5.69 Å². The van der Waals surface area contributed by atoms with Crippen LogP contribution in [0.1, 0.15) is 46.9 Å². The Kier molecular flexibility index (Phi) is 10.7. The first kappa shape index (κ1) is 27.5. The van der Waals surface area contributed by atoms with Crippen molar-refractivity contribution < 1.29 is 4.79 Å². The van der Waals surface area contributed by atoms with Gasteiger partial charge in [0.15, 0.2) is 0 Å². The molecule has 5 N–H and O–H groups in total. The third kappa shape index (κ3) is 6.23. The van der Waals surface area contributed by atoms with E-state index < -0.39 is 0 Å². The second-order valence-electron chi connectivity index (χ2n) is 7.62. The summed E-state index contributed by atoms with van der Waals surface area (Å²) in [6.45, 7) is 6.98. The van der Waals surface area contributed by atoms with Crippen LogP contribution in [0.25, 0.3) is 11.1 Å². The van der Waals surface area contributed by atoms with Gasteiger partial charge >= 0.3 is 0 Å². The summed E-state index contributed by atoms with van der Waals surface area (Å²) >= 11 is 0. The molecule has 0 aliphatic heterocycles. The standard InChI is InChI=1S/C23H28N6O.2ClH/c1-14(2)10-19-18(12-25)21(17-6-4-16(11-24)5-7-17)22(15(3)28-19)29-23(30)20-13-26-8-9-27-20;;/h4-9,13-14H,10-12,24-25H2,1-3H3,(H,29,30);2*1H. The number of halogens is 2. The first-order valence-corrected chi connectivity index (χ1v) is 10.0. The quantitative estimate of drug-likeness (QED) is 0.472. The molecule has 0 aliphatic rings. The Morgan fingerprint density at radius 1 is 1.06 bits per heavy atom. The number of carbonyl (C=O) groups is 1. The number of benzene rings is 1. The van der Waals surface area contributed by atoms with E-state index in [0.717, 1.165) is 40.1 Å². The van der Waals surface area contributed by atoms with E-state index in [2.05, 4.69) is 29.1 Å². The number of nitrogens with one attached hydrogen (secondary N) is 1. The lowest BCUT2D eigenvalue weighted by atomic mass is 9.92. The molecule has 7 nitrogen and oxygen atoms in total. The van der Waals surface area contributed by atoms with Gasteiger partial charge in [-0.05, 0) is 36.0 Å². The van der Waals surface area contributed by atoms with Gasteiger partial charge in [0.25, 0.3) is 5.91 Å². The van der Waals surface area contributed by atoms with E-state index in [9.17, 15) is 4.79 Å². The minimum atomic E-state index is -0.340. The van der Waals surface area contributed by atoms with Gasteiger partial charge in [-0.25, -0.2) is 4.98 Å². The molecule has 3 rings (SSSR count). The van der Waals surface area contributed by atoms with Crippen LogP contribution >= 0.6 is 24.8 Å². The number of aromatic nitrogens is 3. The van der Waals surface area contributed by atoms with Crippen molar-refractivity contribution in [1.29, 1.82) is 0 Å². The topological polar surface area (TPSA) is 120 Å². The summed E-state index contributed by atoms with van der Waals surface area (Å²) in [5.74, 6) is 0.0853. The summed E-state index contributed by atoms with van der Waals surface area (Å²) in [5, 5.41) is 2.99. The van der Waals surface area contributed by atoms with Crippen molar-refractivity contribution in [2.45, 2.75) is 40.3 Å². The van der Waals surface area contributed by atoms with Gasteiger partial charge in [0, 0.05) is 36.7 Å². The first-order chi connectivity index (χ1) is 14.4. The normalized spacial score (nSPS) is 10.3. The molecule has 0 fully saturated rings. The molecular weight excluding hydrogens is 447 g/mol. The predicted octanol–water partition coefficient (Wildman–Crippen LogP) is 4.06. The predicted molar refractivity (Wildman–Crippen MR) is 133 cm³/mol. The molecule has 32 heavy (non-hydrogen) atoms. The van der Waals surface area contributed by atoms with E-state index in [-0.39, 0.29) is 36.4 Å². The van der Waals surface area contributed by atoms with Gasteiger partial charge in [-0.1, -0.05) is 38.1 Å². The van der Waals surface area contributed by atoms with E-state index >= 15 is 0 Å². The van der Waals surface area contributed by atoms with E-state index in [1.54, 1.807) is 0 Å². The SMILES string of the molecule is Cc1nc(CC(C)C)c(CN)c(-c2ccc(CN)cc2)c1NC(=O)c1cnccn1.Cl.Cl. The minimum Gasteiger partial charge on any atom is -0.326 e. The van der Waals surface area contributed by atoms with Crippen molar-refractivity contribution in [1.82, 2.24) is 15.0 Å². The third-order valence-corrected chi connectivity index (χ3v) is 4.88. The summed E-state index contributed by atoms with van der Waals surface area (Å²) in [5.41, 5.74) is 18.3. The van der Waals surface area contributed by atoms with Crippen LogP contribution in [0.15, 0.2) is 42.9 Å². The smallest absolute Gasteiger partial charge is 0.275 e. The van der Waals surface area contributed by atoms with Crippen LogP contribution in [0.4, 0.5) is 5.69 Å². The summed E-state index contributed by atoms with van der Waals surface area (Å²) in [4.78, 5) is 25.7. The number of rotatable bonds is 7. The highest BCUT2D eigenvalue weighted by Gasteiger charge is 2.21. The number of pyridine rings is 1. The molecule has 2 heterocycles. The van der Waals surface area contributed by atoms with E-state index in [1.807, 2.05) is 31.2 Å². The van der Waals surface area contributed by atoms with Gasteiger partial charge in [-0.15, -0.1) is 24.8 Å². The minimum absolute atomic E-state index is 0. The Morgan fingerprint density at radius 3 is 2.28 bits per heavy atom. The molecule has 1 amide bonds. The summed E-state index contributed by atoms with van der Waals surface area (Å²) in [7, 11) is 0. The van der Waals surface area contributed by atoms with E-state index in [4.69, 9.17) is 16.5 Å². The highest BCUT2D eigenvalue weighted by molar-refractivity contribution is 6.05. The molecule has 172 valence electrons. The molecule has 2 aromatic heterocycles. The zero-order chi connectivity index (χ0) is 21.7. The fourth-order valence-electron chi connectivity index (χ4n) is 3.45. The molecule has 0 saturated carbocycles. The lowest BCUT2D eigenvalue weighted by Gasteiger charge is -2.21. The van der Waals surface area contributed by atoms with E-state index in [1.165, 1.54) is 18.6 Å². The maximum Gasteiger partial charge on any atom is 0.275 e. The van der Waals surface area contributed by atoms with Crippen LogP contribution in [0.2, 0.25) is 0 Å².